The van der Waals surface area contributed by atoms with E-state index in [4.69, 9.17) is 5.73 Å². The molecule has 0 spiro atoms. The topological polar surface area (TPSA) is 66.6 Å². The zero-order chi connectivity index (χ0) is 17.7. The summed E-state index contributed by atoms with van der Waals surface area (Å²) < 4.78 is 0. The maximum atomic E-state index is 12.5. The summed E-state index contributed by atoms with van der Waals surface area (Å²) in [5.74, 6) is 0.303. The first-order valence-corrected chi connectivity index (χ1v) is 8.75. The molecule has 2 rings (SSSR count). The number of amides is 2. The first kappa shape index (κ1) is 21.5. The lowest BCUT2D eigenvalue weighted by Crippen LogP contribution is -2.45. The number of carbonyl (C=O) groups is 2. The number of piperidine rings is 1. The van der Waals surface area contributed by atoms with Gasteiger partial charge in [-0.3, -0.25) is 9.59 Å². The molecule has 1 aromatic carbocycles. The standard InChI is InChI=1S/C19H29N3O2.ClH/c1-14(2)21(3)19(24)16-9-11-22(12-10-16)18(23)13-17(20)15-7-5-4-6-8-15;/h4-8,14,16-17H,9-13,20H2,1-3H3;1H. The molecule has 0 aliphatic carbocycles. The Morgan fingerprint density at radius 2 is 1.76 bits per heavy atom. The third-order valence-corrected chi connectivity index (χ3v) is 4.94. The second-order valence-electron chi connectivity index (χ2n) is 6.92. The molecule has 1 aliphatic heterocycles. The minimum atomic E-state index is -0.273. The fourth-order valence-electron chi connectivity index (χ4n) is 3.05. The molecule has 25 heavy (non-hydrogen) atoms. The van der Waals surface area contributed by atoms with E-state index in [1.54, 1.807) is 4.90 Å². The van der Waals surface area contributed by atoms with Crippen LogP contribution >= 0.6 is 12.4 Å². The first-order valence-electron chi connectivity index (χ1n) is 8.75. The molecule has 1 saturated heterocycles. The second-order valence-corrected chi connectivity index (χ2v) is 6.92. The molecule has 0 aromatic heterocycles. The summed E-state index contributed by atoms with van der Waals surface area (Å²) in [5.41, 5.74) is 7.12. The second kappa shape index (κ2) is 9.78. The Bertz CT molecular complexity index is 557. The number of benzene rings is 1. The van der Waals surface area contributed by atoms with Crippen LogP contribution in [-0.2, 0) is 9.59 Å². The summed E-state index contributed by atoms with van der Waals surface area (Å²) in [6.07, 6.45) is 1.79. The van der Waals surface area contributed by atoms with Crippen LogP contribution in [0.2, 0.25) is 0 Å². The Kier molecular flexibility index (Phi) is 8.39. The smallest absolute Gasteiger partial charge is 0.225 e. The zero-order valence-electron chi connectivity index (χ0n) is 15.4. The van der Waals surface area contributed by atoms with Crippen molar-refractivity contribution in [3.05, 3.63) is 35.9 Å². The van der Waals surface area contributed by atoms with Crippen LogP contribution in [0.1, 0.15) is 44.7 Å². The van der Waals surface area contributed by atoms with Crippen molar-refractivity contribution >= 4 is 24.2 Å². The molecule has 1 aliphatic rings. The minimum Gasteiger partial charge on any atom is -0.343 e. The van der Waals surface area contributed by atoms with E-state index in [0.29, 0.717) is 19.5 Å². The lowest BCUT2D eigenvalue weighted by Gasteiger charge is -2.34. The number of carbonyl (C=O) groups excluding carboxylic acids is 2. The van der Waals surface area contributed by atoms with Crippen molar-refractivity contribution in [2.75, 3.05) is 20.1 Å². The molecule has 1 atom stereocenters. The Morgan fingerprint density at radius 1 is 1.20 bits per heavy atom. The molecular weight excluding hydrogens is 338 g/mol. The Hall–Kier alpha value is -1.59. The van der Waals surface area contributed by atoms with Gasteiger partial charge >= 0.3 is 0 Å². The van der Waals surface area contributed by atoms with Gasteiger partial charge in [-0.2, -0.15) is 0 Å². The van der Waals surface area contributed by atoms with Gasteiger partial charge in [0.25, 0.3) is 0 Å². The molecule has 0 bridgehead atoms. The van der Waals surface area contributed by atoms with Gasteiger partial charge in [-0.25, -0.2) is 0 Å². The maximum absolute atomic E-state index is 12.5. The first-order chi connectivity index (χ1) is 11.4. The molecule has 2 N–H and O–H groups in total. The predicted molar refractivity (Wildman–Crippen MR) is 102 cm³/mol. The SMILES string of the molecule is CC(C)N(C)C(=O)C1CCN(C(=O)CC(N)c2ccccc2)CC1.Cl. The van der Waals surface area contributed by atoms with Crippen molar-refractivity contribution in [2.45, 2.75) is 45.2 Å². The quantitative estimate of drug-likeness (QED) is 0.869. The van der Waals surface area contributed by atoms with Crippen molar-refractivity contribution in [1.29, 1.82) is 0 Å². The fraction of sp³-hybridized carbons (Fsp3) is 0.579. The van der Waals surface area contributed by atoms with Crippen molar-refractivity contribution in [1.82, 2.24) is 9.80 Å². The van der Waals surface area contributed by atoms with Gasteiger partial charge in [0.15, 0.2) is 0 Å². The van der Waals surface area contributed by atoms with Crippen LogP contribution < -0.4 is 5.73 Å². The number of nitrogens with two attached hydrogens (primary N) is 1. The van der Waals surface area contributed by atoms with Crippen LogP contribution in [0.15, 0.2) is 30.3 Å². The average molecular weight is 368 g/mol. The maximum Gasteiger partial charge on any atom is 0.225 e. The molecule has 140 valence electrons. The highest BCUT2D eigenvalue weighted by atomic mass is 35.5. The van der Waals surface area contributed by atoms with Crippen LogP contribution in [0.4, 0.5) is 0 Å². The molecule has 5 nitrogen and oxygen atoms in total. The summed E-state index contributed by atoms with van der Waals surface area (Å²) in [6.45, 7) is 5.31. The summed E-state index contributed by atoms with van der Waals surface area (Å²) in [6, 6.07) is 9.64. The normalized spacial score (nSPS) is 16.3. The van der Waals surface area contributed by atoms with E-state index < -0.39 is 0 Å². The number of hydrogen-bond donors (Lipinski definition) is 1. The van der Waals surface area contributed by atoms with Crippen LogP contribution in [0.25, 0.3) is 0 Å². The van der Waals surface area contributed by atoms with E-state index in [1.807, 2.05) is 56.1 Å². The number of nitrogens with zero attached hydrogens (tertiary/aromatic N) is 2. The Balaban J connectivity index is 0.00000312. The highest BCUT2D eigenvalue weighted by molar-refractivity contribution is 5.85. The van der Waals surface area contributed by atoms with Crippen molar-refractivity contribution < 1.29 is 9.59 Å². The summed E-state index contributed by atoms with van der Waals surface area (Å²) in [7, 11) is 1.85. The van der Waals surface area contributed by atoms with Crippen molar-refractivity contribution in [3.63, 3.8) is 0 Å². The van der Waals surface area contributed by atoms with Crippen LogP contribution in [0.5, 0.6) is 0 Å². The van der Waals surface area contributed by atoms with E-state index in [0.717, 1.165) is 18.4 Å². The molecule has 0 saturated carbocycles. The lowest BCUT2D eigenvalue weighted by atomic mass is 9.94. The van der Waals surface area contributed by atoms with Crippen molar-refractivity contribution in [2.24, 2.45) is 11.7 Å². The molecule has 1 fully saturated rings. The highest BCUT2D eigenvalue weighted by Crippen LogP contribution is 2.22. The lowest BCUT2D eigenvalue weighted by molar-refractivity contribution is -0.141. The van der Waals surface area contributed by atoms with Crippen LogP contribution in [0, 0.1) is 5.92 Å². The predicted octanol–water partition coefficient (Wildman–Crippen LogP) is 2.60. The van der Waals surface area contributed by atoms with E-state index in [9.17, 15) is 9.59 Å². The van der Waals surface area contributed by atoms with Gasteiger partial charge in [0, 0.05) is 44.6 Å². The summed E-state index contributed by atoms with van der Waals surface area (Å²) in [4.78, 5) is 28.5. The van der Waals surface area contributed by atoms with E-state index in [2.05, 4.69) is 0 Å². The van der Waals surface area contributed by atoms with E-state index in [-0.39, 0.29) is 42.2 Å². The molecule has 2 amide bonds. The number of halogens is 1. The minimum absolute atomic E-state index is 0. The van der Waals surface area contributed by atoms with Gasteiger partial charge in [-0.1, -0.05) is 30.3 Å². The largest absolute Gasteiger partial charge is 0.343 e. The molecular formula is C19H30ClN3O2. The average Bonchev–Trinajstić information content (AvgIpc) is 2.61. The van der Waals surface area contributed by atoms with E-state index in [1.165, 1.54) is 0 Å². The summed E-state index contributed by atoms with van der Waals surface area (Å²) >= 11 is 0. The van der Waals surface area contributed by atoms with Gasteiger partial charge in [0.2, 0.25) is 11.8 Å². The number of rotatable bonds is 5. The number of hydrogen-bond acceptors (Lipinski definition) is 3. The van der Waals surface area contributed by atoms with Gasteiger partial charge in [0.1, 0.15) is 0 Å². The fourth-order valence-corrected chi connectivity index (χ4v) is 3.05. The highest BCUT2D eigenvalue weighted by Gasteiger charge is 2.30. The van der Waals surface area contributed by atoms with Gasteiger partial charge in [-0.15, -0.1) is 12.4 Å². The molecule has 0 radical (unpaired) electrons. The Morgan fingerprint density at radius 3 is 2.28 bits per heavy atom. The monoisotopic (exact) mass is 367 g/mol. The molecule has 1 unspecified atom stereocenters. The third kappa shape index (κ3) is 5.72. The van der Waals surface area contributed by atoms with Crippen molar-refractivity contribution in [3.8, 4) is 0 Å². The Labute approximate surface area is 157 Å². The third-order valence-electron chi connectivity index (χ3n) is 4.94. The van der Waals surface area contributed by atoms with E-state index >= 15 is 0 Å². The zero-order valence-corrected chi connectivity index (χ0v) is 16.2. The van der Waals surface area contributed by atoms with Gasteiger partial charge in [0.05, 0.1) is 0 Å². The van der Waals surface area contributed by atoms with Crippen LogP contribution in [0.3, 0.4) is 0 Å². The van der Waals surface area contributed by atoms with Gasteiger partial charge < -0.3 is 15.5 Å². The van der Waals surface area contributed by atoms with Crippen LogP contribution in [-0.4, -0.2) is 47.8 Å². The van der Waals surface area contributed by atoms with Gasteiger partial charge in [-0.05, 0) is 32.3 Å². The molecule has 6 heteroatoms. The summed E-state index contributed by atoms with van der Waals surface area (Å²) in [5, 5.41) is 0. The number of likely N-dealkylation sites (tertiary alicyclic amines) is 1. The molecule has 1 aromatic rings. The molecule has 1 heterocycles.